The van der Waals surface area contributed by atoms with Crippen molar-refractivity contribution in [1.82, 2.24) is 4.98 Å². The van der Waals surface area contributed by atoms with E-state index in [2.05, 4.69) is 4.98 Å². The molecule has 0 N–H and O–H groups in total. The minimum absolute atomic E-state index is 0.118. The molecule has 0 spiro atoms. The lowest BCUT2D eigenvalue weighted by molar-refractivity contribution is -0.383. The maximum atomic E-state index is 11.2. The second-order valence-corrected chi connectivity index (χ2v) is 4.52. The van der Waals surface area contributed by atoms with Gasteiger partial charge in [0.1, 0.15) is 17.2 Å². The lowest BCUT2D eigenvalue weighted by Gasteiger charge is -2.10. The number of nitrogens with zero attached hydrogens (tertiary/aromatic N) is 2. The quantitative estimate of drug-likeness (QED) is 0.538. The van der Waals surface area contributed by atoms with Crippen LogP contribution in [0.5, 0.6) is 17.2 Å². The van der Waals surface area contributed by atoms with Crippen LogP contribution < -0.4 is 9.47 Å². The molecule has 0 fully saturated rings. The van der Waals surface area contributed by atoms with Gasteiger partial charge in [-0.1, -0.05) is 18.2 Å². The Hall–Kier alpha value is -3.15. The van der Waals surface area contributed by atoms with Crippen molar-refractivity contribution < 1.29 is 14.4 Å². The van der Waals surface area contributed by atoms with Crippen molar-refractivity contribution in [2.24, 2.45) is 0 Å². The lowest BCUT2D eigenvalue weighted by Crippen LogP contribution is -1.95. The number of fused-ring (bicyclic) bond motifs is 1. The highest BCUT2D eigenvalue weighted by molar-refractivity contribution is 5.93. The van der Waals surface area contributed by atoms with Gasteiger partial charge in [0.2, 0.25) is 0 Å². The predicted molar refractivity (Wildman–Crippen MR) is 81.5 cm³/mol. The van der Waals surface area contributed by atoms with Crippen molar-refractivity contribution >= 4 is 16.6 Å². The molecule has 3 rings (SSSR count). The highest BCUT2D eigenvalue weighted by Gasteiger charge is 2.18. The van der Waals surface area contributed by atoms with Crippen molar-refractivity contribution in [1.29, 1.82) is 0 Å². The fourth-order valence-electron chi connectivity index (χ4n) is 2.15. The number of hydrogen-bond donors (Lipinski definition) is 0. The zero-order valence-electron chi connectivity index (χ0n) is 11.7. The lowest BCUT2D eigenvalue weighted by atomic mass is 10.1. The molecular formula is C16H12N2O4. The summed E-state index contributed by atoms with van der Waals surface area (Å²) in [6.07, 6.45) is 1.49. The van der Waals surface area contributed by atoms with Crippen LogP contribution in [0, 0.1) is 10.1 Å². The van der Waals surface area contributed by atoms with Gasteiger partial charge in [-0.15, -0.1) is 0 Å². The van der Waals surface area contributed by atoms with E-state index in [0.29, 0.717) is 22.6 Å². The van der Waals surface area contributed by atoms with E-state index < -0.39 is 4.92 Å². The van der Waals surface area contributed by atoms with Crippen molar-refractivity contribution in [3.05, 3.63) is 64.8 Å². The van der Waals surface area contributed by atoms with Crippen molar-refractivity contribution in [3.8, 4) is 17.2 Å². The molecule has 0 amide bonds. The number of rotatable bonds is 4. The first kappa shape index (κ1) is 13.8. The van der Waals surface area contributed by atoms with Gasteiger partial charge in [0.05, 0.1) is 23.5 Å². The third-order valence-electron chi connectivity index (χ3n) is 3.16. The van der Waals surface area contributed by atoms with E-state index in [9.17, 15) is 10.1 Å². The van der Waals surface area contributed by atoms with Crippen LogP contribution in [-0.2, 0) is 0 Å². The first-order chi connectivity index (χ1) is 10.7. The van der Waals surface area contributed by atoms with Gasteiger partial charge in [-0.25, -0.2) is 4.98 Å². The molecule has 0 aliphatic carbocycles. The predicted octanol–water partition coefficient (Wildman–Crippen LogP) is 3.94. The third kappa shape index (κ3) is 2.54. The molecule has 22 heavy (non-hydrogen) atoms. The molecule has 1 aromatic heterocycles. The maximum absolute atomic E-state index is 11.2. The molecule has 2 aromatic carbocycles. The van der Waals surface area contributed by atoms with Crippen LogP contribution >= 0.6 is 0 Å². The topological polar surface area (TPSA) is 74.5 Å². The van der Waals surface area contributed by atoms with Crippen LogP contribution in [-0.4, -0.2) is 17.0 Å². The van der Waals surface area contributed by atoms with Crippen LogP contribution in [0.15, 0.2) is 54.7 Å². The fraction of sp³-hybridized carbons (Fsp3) is 0.0625. The second kappa shape index (κ2) is 5.69. The van der Waals surface area contributed by atoms with Crippen LogP contribution in [0.25, 0.3) is 10.9 Å². The summed E-state index contributed by atoms with van der Waals surface area (Å²) >= 11 is 0. The number of hydrogen-bond acceptors (Lipinski definition) is 5. The fourth-order valence-corrected chi connectivity index (χ4v) is 2.15. The molecule has 6 heteroatoms. The van der Waals surface area contributed by atoms with Gasteiger partial charge in [0.25, 0.3) is 5.69 Å². The normalized spacial score (nSPS) is 10.4. The molecule has 110 valence electrons. The average molecular weight is 296 g/mol. The SMILES string of the molecule is COc1cc([N+](=O)[O-])c2nccc(Oc3ccccc3)c2c1. The Morgan fingerprint density at radius 3 is 2.55 bits per heavy atom. The molecule has 3 aromatic rings. The largest absolute Gasteiger partial charge is 0.496 e. The van der Waals surface area contributed by atoms with E-state index in [-0.39, 0.29) is 11.2 Å². The molecule has 0 radical (unpaired) electrons. The minimum Gasteiger partial charge on any atom is -0.496 e. The van der Waals surface area contributed by atoms with Gasteiger partial charge in [-0.3, -0.25) is 10.1 Å². The highest BCUT2D eigenvalue weighted by atomic mass is 16.6. The summed E-state index contributed by atoms with van der Waals surface area (Å²) in [5.41, 5.74) is 0.145. The Morgan fingerprint density at radius 2 is 1.86 bits per heavy atom. The molecule has 0 aliphatic heterocycles. The summed E-state index contributed by atoms with van der Waals surface area (Å²) in [4.78, 5) is 14.8. The van der Waals surface area contributed by atoms with Gasteiger partial charge in [-0.05, 0) is 24.3 Å². The summed E-state index contributed by atoms with van der Waals surface area (Å²) in [6, 6.07) is 13.9. The number of para-hydroxylation sites is 1. The molecular weight excluding hydrogens is 284 g/mol. The number of methoxy groups -OCH3 is 1. The van der Waals surface area contributed by atoms with Crippen molar-refractivity contribution in [2.45, 2.75) is 0 Å². The van der Waals surface area contributed by atoms with Gasteiger partial charge >= 0.3 is 0 Å². The zero-order valence-corrected chi connectivity index (χ0v) is 11.7. The summed E-state index contributed by atoms with van der Waals surface area (Å²) in [5, 5.41) is 11.7. The van der Waals surface area contributed by atoms with Crippen LogP contribution in [0.1, 0.15) is 0 Å². The Morgan fingerprint density at radius 1 is 1.09 bits per heavy atom. The molecule has 0 aliphatic rings. The van der Waals surface area contributed by atoms with Gasteiger partial charge in [-0.2, -0.15) is 0 Å². The number of ether oxygens (including phenoxy) is 2. The van der Waals surface area contributed by atoms with E-state index >= 15 is 0 Å². The molecule has 0 unspecified atom stereocenters. The summed E-state index contributed by atoms with van der Waals surface area (Å²) in [6.45, 7) is 0. The molecule has 0 saturated heterocycles. The summed E-state index contributed by atoms with van der Waals surface area (Å²) < 4.78 is 10.9. The first-order valence-corrected chi connectivity index (χ1v) is 6.53. The molecule has 1 heterocycles. The van der Waals surface area contributed by atoms with E-state index in [1.165, 1.54) is 19.4 Å². The first-order valence-electron chi connectivity index (χ1n) is 6.53. The van der Waals surface area contributed by atoms with Crippen molar-refractivity contribution in [3.63, 3.8) is 0 Å². The molecule has 0 atom stereocenters. The molecule has 0 saturated carbocycles. The van der Waals surface area contributed by atoms with Crippen LogP contribution in [0.2, 0.25) is 0 Å². The Kier molecular flexibility index (Phi) is 3.57. The van der Waals surface area contributed by atoms with E-state index in [1.54, 1.807) is 24.3 Å². The second-order valence-electron chi connectivity index (χ2n) is 4.52. The summed E-state index contributed by atoms with van der Waals surface area (Å²) in [7, 11) is 1.46. The molecule has 0 bridgehead atoms. The van der Waals surface area contributed by atoms with E-state index in [0.717, 1.165) is 0 Å². The summed E-state index contributed by atoms with van der Waals surface area (Å²) in [5.74, 6) is 1.50. The van der Waals surface area contributed by atoms with Crippen LogP contribution in [0.4, 0.5) is 5.69 Å². The number of nitro benzene ring substituents is 1. The van der Waals surface area contributed by atoms with Crippen LogP contribution in [0.3, 0.4) is 0 Å². The Labute approximate surface area is 126 Å². The number of pyridine rings is 1. The zero-order chi connectivity index (χ0) is 15.5. The highest BCUT2D eigenvalue weighted by Crippen LogP contribution is 2.36. The maximum Gasteiger partial charge on any atom is 0.299 e. The molecule has 6 nitrogen and oxygen atoms in total. The standard InChI is InChI=1S/C16H12N2O4/c1-21-12-9-13-15(22-11-5-3-2-4-6-11)7-8-17-16(13)14(10-12)18(19)20/h2-10H,1H3. The van der Waals surface area contributed by atoms with Gasteiger partial charge in [0, 0.05) is 6.20 Å². The smallest absolute Gasteiger partial charge is 0.299 e. The monoisotopic (exact) mass is 296 g/mol. The number of nitro groups is 1. The number of aromatic nitrogens is 1. The van der Waals surface area contributed by atoms with Gasteiger partial charge < -0.3 is 9.47 Å². The Balaban J connectivity index is 2.19. The van der Waals surface area contributed by atoms with E-state index in [1.807, 2.05) is 18.2 Å². The third-order valence-corrected chi connectivity index (χ3v) is 3.16. The average Bonchev–Trinajstić information content (AvgIpc) is 2.55. The number of benzene rings is 2. The van der Waals surface area contributed by atoms with Crippen molar-refractivity contribution in [2.75, 3.05) is 7.11 Å². The minimum atomic E-state index is -0.482. The Bertz CT molecular complexity index is 834. The number of non-ortho nitro benzene ring substituents is 1. The van der Waals surface area contributed by atoms with Gasteiger partial charge in [0.15, 0.2) is 5.52 Å². The van der Waals surface area contributed by atoms with E-state index in [4.69, 9.17) is 9.47 Å².